The normalized spacial score (nSPS) is 18.1. The van der Waals surface area contributed by atoms with E-state index < -0.39 is 0 Å². The first-order valence-corrected chi connectivity index (χ1v) is 8.01. The second-order valence-electron chi connectivity index (χ2n) is 5.64. The van der Waals surface area contributed by atoms with E-state index in [-0.39, 0.29) is 18.3 Å². The van der Waals surface area contributed by atoms with Crippen LogP contribution < -0.4 is 10.1 Å². The van der Waals surface area contributed by atoms with Gasteiger partial charge >= 0.3 is 0 Å². The fraction of sp³-hybridized carbons (Fsp3) is 0.562. The van der Waals surface area contributed by atoms with Crippen molar-refractivity contribution >= 4 is 29.9 Å². The summed E-state index contributed by atoms with van der Waals surface area (Å²) in [4.78, 5) is 16.2. The van der Waals surface area contributed by atoms with Crippen LogP contribution in [-0.2, 0) is 4.79 Å². The number of ether oxygens (including phenoxy) is 1. The molecule has 1 saturated heterocycles. The summed E-state index contributed by atoms with van der Waals surface area (Å²) in [5, 5.41) is 4.01. The summed E-state index contributed by atoms with van der Waals surface area (Å²) < 4.78 is 5.62. The number of rotatable bonds is 6. The SMILES string of the molecule is C[C@H]1CNCCN1CC(=O)N(C)CCOc1ccc(Cl)cc1.Cl. The topological polar surface area (TPSA) is 44.8 Å². The molecule has 1 aromatic carbocycles. The van der Waals surface area contributed by atoms with Crippen LogP contribution >= 0.6 is 24.0 Å². The third-order valence-corrected chi connectivity index (χ3v) is 4.16. The maximum absolute atomic E-state index is 12.2. The summed E-state index contributed by atoms with van der Waals surface area (Å²) >= 11 is 5.82. The molecule has 2 rings (SSSR count). The van der Waals surface area contributed by atoms with Gasteiger partial charge in [0.25, 0.3) is 0 Å². The van der Waals surface area contributed by atoms with E-state index in [4.69, 9.17) is 16.3 Å². The highest BCUT2D eigenvalue weighted by Crippen LogP contribution is 2.15. The van der Waals surface area contributed by atoms with Gasteiger partial charge in [-0.1, -0.05) is 11.6 Å². The molecule has 1 N–H and O–H groups in total. The number of halogens is 2. The van der Waals surface area contributed by atoms with E-state index in [0.717, 1.165) is 25.4 Å². The summed E-state index contributed by atoms with van der Waals surface area (Å²) in [6.07, 6.45) is 0. The van der Waals surface area contributed by atoms with Crippen molar-refractivity contribution < 1.29 is 9.53 Å². The van der Waals surface area contributed by atoms with Crippen molar-refractivity contribution in [3.8, 4) is 5.75 Å². The molecule has 0 unspecified atom stereocenters. The monoisotopic (exact) mass is 361 g/mol. The third-order valence-electron chi connectivity index (χ3n) is 3.91. The second kappa shape index (κ2) is 9.98. The number of benzene rings is 1. The molecule has 0 spiro atoms. The lowest BCUT2D eigenvalue weighted by atomic mass is 10.2. The third kappa shape index (κ3) is 6.55. The molecule has 7 heteroatoms. The summed E-state index contributed by atoms with van der Waals surface area (Å²) in [6.45, 7) is 6.46. The minimum atomic E-state index is 0. The van der Waals surface area contributed by atoms with Crippen molar-refractivity contribution in [3.63, 3.8) is 0 Å². The number of carbonyl (C=O) groups excluding carboxylic acids is 1. The first-order valence-electron chi connectivity index (χ1n) is 7.63. The van der Waals surface area contributed by atoms with Crippen LogP contribution in [0, 0.1) is 0 Å². The number of hydrogen-bond donors (Lipinski definition) is 1. The van der Waals surface area contributed by atoms with Crippen LogP contribution in [0.25, 0.3) is 0 Å². The molecule has 0 aromatic heterocycles. The predicted octanol–water partition coefficient (Wildman–Crippen LogP) is 1.89. The van der Waals surface area contributed by atoms with Crippen molar-refractivity contribution in [1.82, 2.24) is 15.1 Å². The van der Waals surface area contributed by atoms with Gasteiger partial charge in [0.2, 0.25) is 5.91 Å². The van der Waals surface area contributed by atoms with Crippen LogP contribution in [0.5, 0.6) is 5.75 Å². The maximum Gasteiger partial charge on any atom is 0.236 e. The zero-order chi connectivity index (χ0) is 15.9. The minimum absolute atomic E-state index is 0. The van der Waals surface area contributed by atoms with Gasteiger partial charge in [0.05, 0.1) is 13.1 Å². The standard InChI is InChI=1S/C16H24ClN3O2.ClH/c1-13-11-18-7-8-20(13)12-16(21)19(2)9-10-22-15-5-3-14(17)4-6-15;/h3-6,13,18H,7-12H2,1-2H3;1H/t13-;/m0./s1. The molecule has 1 aromatic rings. The molecule has 1 atom stereocenters. The largest absolute Gasteiger partial charge is 0.492 e. The van der Waals surface area contributed by atoms with Gasteiger partial charge in [-0.05, 0) is 31.2 Å². The van der Waals surface area contributed by atoms with Gasteiger partial charge in [-0.25, -0.2) is 0 Å². The summed E-state index contributed by atoms with van der Waals surface area (Å²) in [7, 11) is 1.82. The Balaban J connectivity index is 0.00000264. The number of likely N-dealkylation sites (N-methyl/N-ethyl adjacent to an activating group) is 1. The van der Waals surface area contributed by atoms with E-state index in [1.54, 1.807) is 17.0 Å². The smallest absolute Gasteiger partial charge is 0.236 e. The zero-order valence-electron chi connectivity index (χ0n) is 13.6. The van der Waals surface area contributed by atoms with Crippen molar-refractivity contribution in [2.45, 2.75) is 13.0 Å². The quantitative estimate of drug-likeness (QED) is 0.840. The molecule has 23 heavy (non-hydrogen) atoms. The van der Waals surface area contributed by atoms with E-state index in [2.05, 4.69) is 17.1 Å². The van der Waals surface area contributed by atoms with Gasteiger partial charge in [0, 0.05) is 37.7 Å². The molecule has 1 aliphatic heterocycles. The Morgan fingerprint density at radius 2 is 2.13 bits per heavy atom. The number of nitrogens with one attached hydrogen (secondary N) is 1. The maximum atomic E-state index is 12.2. The summed E-state index contributed by atoms with van der Waals surface area (Å²) in [6, 6.07) is 7.63. The number of nitrogens with zero attached hydrogens (tertiary/aromatic N) is 2. The van der Waals surface area contributed by atoms with Crippen LogP contribution in [0.15, 0.2) is 24.3 Å². The van der Waals surface area contributed by atoms with Gasteiger partial charge in [-0.15, -0.1) is 12.4 Å². The van der Waals surface area contributed by atoms with Crippen LogP contribution in [0.1, 0.15) is 6.92 Å². The van der Waals surface area contributed by atoms with Gasteiger partial charge in [-0.2, -0.15) is 0 Å². The molecule has 1 aliphatic rings. The average molecular weight is 362 g/mol. The molecule has 0 aliphatic carbocycles. The Morgan fingerprint density at radius 1 is 1.43 bits per heavy atom. The van der Waals surface area contributed by atoms with Crippen LogP contribution in [-0.4, -0.2) is 68.1 Å². The molecular formula is C16H25Cl2N3O2. The first kappa shape index (κ1) is 20.0. The lowest BCUT2D eigenvalue weighted by molar-refractivity contribution is -0.132. The fourth-order valence-corrected chi connectivity index (χ4v) is 2.49. The average Bonchev–Trinajstić information content (AvgIpc) is 2.51. The molecule has 5 nitrogen and oxygen atoms in total. The first-order chi connectivity index (χ1) is 10.6. The molecule has 0 radical (unpaired) electrons. The molecule has 1 fully saturated rings. The number of carbonyl (C=O) groups is 1. The van der Waals surface area contributed by atoms with Gasteiger partial charge in [-0.3, -0.25) is 9.69 Å². The van der Waals surface area contributed by atoms with Crippen molar-refractivity contribution in [2.24, 2.45) is 0 Å². The van der Waals surface area contributed by atoms with Crippen LogP contribution in [0.4, 0.5) is 0 Å². The number of amides is 1. The Bertz CT molecular complexity index is 485. The Kier molecular flexibility index (Phi) is 8.69. The van der Waals surface area contributed by atoms with Crippen molar-refractivity contribution in [1.29, 1.82) is 0 Å². The lowest BCUT2D eigenvalue weighted by Gasteiger charge is -2.34. The predicted molar refractivity (Wildman–Crippen MR) is 95.7 cm³/mol. The van der Waals surface area contributed by atoms with E-state index >= 15 is 0 Å². The molecule has 1 heterocycles. The molecule has 1 amide bonds. The highest BCUT2D eigenvalue weighted by molar-refractivity contribution is 6.30. The van der Waals surface area contributed by atoms with Crippen LogP contribution in [0.3, 0.4) is 0 Å². The lowest BCUT2D eigenvalue weighted by Crippen LogP contribution is -2.53. The van der Waals surface area contributed by atoms with Crippen molar-refractivity contribution in [3.05, 3.63) is 29.3 Å². The Labute approximate surface area is 149 Å². The van der Waals surface area contributed by atoms with E-state index in [1.165, 1.54) is 0 Å². The zero-order valence-corrected chi connectivity index (χ0v) is 15.2. The van der Waals surface area contributed by atoms with E-state index in [0.29, 0.717) is 30.8 Å². The van der Waals surface area contributed by atoms with Gasteiger partial charge in [0.1, 0.15) is 12.4 Å². The second-order valence-corrected chi connectivity index (χ2v) is 6.08. The van der Waals surface area contributed by atoms with Gasteiger partial charge in [0.15, 0.2) is 0 Å². The highest BCUT2D eigenvalue weighted by atomic mass is 35.5. The summed E-state index contributed by atoms with van der Waals surface area (Å²) in [5.74, 6) is 0.898. The minimum Gasteiger partial charge on any atom is -0.492 e. The van der Waals surface area contributed by atoms with Crippen LogP contribution in [0.2, 0.25) is 5.02 Å². The highest BCUT2D eigenvalue weighted by Gasteiger charge is 2.21. The number of piperazine rings is 1. The fourth-order valence-electron chi connectivity index (χ4n) is 2.37. The Morgan fingerprint density at radius 3 is 2.78 bits per heavy atom. The Hall–Kier alpha value is -1.01. The molecular weight excluding hydrogens is 337 g/mol. The summed E-state index contributed by atoms with van der Waals surface area (Å²) in [5.41, 5.74) is 0. The number of hydrogen-bond acceptors (Lipinski definition) is 4. The molecule has 130 valence electrons. The van der Waals surface area contributed by atoms with Crippen molar-refractivity contribution in [2.75, 3.05) is 46.4 Å². The van der Waals surface area contributed by atoms with E-state index in [9.17, 15) is 4.79 Å². The molecule has 0 saturated carbocycles. The molecule has 0 bridgehead atoms. The van der Waals surface area contributed by atoms with Gasteiger partial charge < -0.3 is 15.0 Å². The van der Waals surface area contributed by atoms with E-state index in [1.807, 2.05) is 19.2 Å².